The van der Waals surface area contributed by atoms with Gasteiger partial charge in [-0.25, -0.2) is 4.99 Å². The maximum absolute atomic E-state index is 11.4. The molecule has 1 N–H and O–H groups in total. The molecule has 0 unspecified atom stereocenters. The van der Waals surface area contributed by atoms with Gasteiger partial charge in [-0.05, 0) is 30.2 Å². The van der Waals surface area contributed by atoms with Crippen LogP contribution < -0.4 is 0 Å². The van der Waals surface area contributed by atoms with E-state index in [0.29, 0.717) is 18.9 Å². The average molecular weight is 634 g/mol. The van der Waals surface area contributed by atoms with Crippen LogP contribution in [-0.2, 0) is 11.2 Å². The number of nitrogens with zero attached hydrogens (tertiary/aromatic N) is 3. The van der Waals surface area contributed by atoms with Crippen LogP contribution in [0.25, 0.3) is 0 Å². The third kappa shape index (κ3) is 5.95. The molecule has 3 aromatic carbocycles. The van der Waals surface area contributed by atoms with Crippen molar-refractivity contribution in [2.75, 3.05) is 13.1 Å². The monoisotopic (exact) mass is 633 g/mol. The summed E-state index contributed by atoms with van der Waals surface area (Å²) in [4.78, 5) is 29.5. The molecule has 0 radical (unpaired) electrons. The molecule has 3 aromatic rings. The molecule has 0 aliphatic carbocycles. The van der Waals surface area contributed by atoms with Crippen LogP contribution in [0.5, 0.6) is 0 Å². The van der Waals surface area contributed by atoms with Gasteiger partial charge in [0, 0.05) is 44.4 Å². The van der Waals surface area contributed by atoms with Gasteiger partial charge in [-0.3, -0.25) is 14.9 Å². The number of non-ortho nitro benzene ring substituents is 1. The zero-order chi connectivity index (χ0) is 24.1. The molecule has 0 saturated heterocycles. The van der Waals surface area contributed by atoms with Gasteiger partial charge in [-0.1, -0.05) is 79.1 Å². The largest absolute Gasteiger partial charge is 0.481 e. The molecule has 7 nitrogen and oxygen atoms in total. The predicted octanol–water partition coefficient (Wildman–Crippen LogP) is 5.46. The minimum atomic E-state index is -0.881. The number of carbonyl (C=O) groups is 1. The number of hydrogen-bond acceptors (Lipinski definition) is 5. The predicted molar refractivity (Wildman–Crippen MR) is 145 cm³/mol. The minimum absolute atomic E-state index is 0.0304. The molecule has 1 heterocycles. The minimum Gasteiger partial charge on any atom is -0.481 e. The van der Waals surface area contributed by atoms with Crippen LogP contribution in [0, 0.1) is 13.7 Å². The van der Waals surface area contributed by atoms with E-state index >= 15 is 0 Å². The van der Waals surface area contributed by atoms with Crippen molar-refractivity contribution in [2.24, 2.45) is 4.99 Å². The molecule has 0 aromatic heterocycles. The van der Waals surface area contributed by atoms with Crippen molar-refractivity contribution in [1.29, 1.82) is 0 Å². The summed E-state index contributed by atoms with van der Waals surface area (Å²) in [6.45, 7) is 0.873. The first kappa shape index (κ1) is 24.2. The standard InChI is InChI=1S/C25H21BrIN3O4/c26-19-8-4-7-18(15-19)24-27-22-16-20(30(33)34)9-10-21(22)25(28-24)29(14-12-23(31)32)13-11-17-5-2-1-3-6-17/h1-10,15-16H,11-14H2,(H,31,32). The van der Waals surface area contributed by atoms with E-state index in [1.54, 1.807) is 12.1 Å². The fourth-order valence-corrected chi connectivity index (χ4v) is 6.72. The summed E-state index contributed by atoms with van der Waals surface area (Å²) < 4.78 is 2.73. The zero-order valence-electron chi connectivity index (χ0n) is 18.0. The lowest BCUT2D eigenvalue weighted by Crippen LogP contribution is -2.37. The zero-order valence-corrected chi connectivity index (χ0v) is 21.8. The van der Waals surface area contributed by atoms with Crippen LogP contribution in [0.2, 0.25) is 0 Å². The number of aliphatic imine (C=N–C) groups is 1. The number of fused-ring (bicyclic) bond motifs is 1. The fourth-order valence-electron chi connectivity index (χ4n) is 3.59. The first-order chi connectivity index (χ1) is 16.4. The number of halogens is 2. The Hall–Kier alpha value is -2.92. The molecule has 1 aliphatic rings. The number of rotatable bonds is 8. The highest BCUT2D eigenvalue weighted by Gasteiger charge is 2.24. The summed E-state index contributed by atoms with van der Waals surface area (Å²) >= 11 is 2.74. The molecule has 1 aliphatic heterocycles. The summed E-state index contributed by atoms with van der Waals surface area (Å²) in [5.74, 6) is -0.211. The Balaban J connectivity index is 1.78. The molecular weight excluding hydrogens is 613 g/mol. The Morgan fingerprint density at radius 3 is 2.56 bits per heavy atom. The number of carboxylic acids is 1. The second-order valence-corrected chi connectivity index (χ2v) is 11.3. The molecule has 4 rings (SSSR count). The van der Waals surface area contributed by atoms with E-state index in [0.717, 1.165) is 34.8 Å². The highest BCUT2D eigenvalue weighted by atomic mass is 127. The number of amidine groups is 1. The molecular formula is C25H21BrIN3O4. The van der Waals surface area contributed by atoms with Gasteiger partial charge in [0.05, 0.1) is 11.3 Å². The Morgan fingerprint density at radius 2 is 1.85 bits per heavy atom. The number of nitro benzene ring substituents is 1. The van der Waals surface area contributed by atoms with Gasteiger partial charge in [-0.15, -0.1) is 0 Å². The molecule has 0 fully saturated rings. The van der Waals surface area contributed by atoms with Gasteiger partial charge >= 0.3 is 5.97 Å². The summed E-state index contributed by atoms with van der Waals surface area (Å²) in [5, 5.41) is 20.8. The topological polar surface area (TPSA) is 96.0 Å². The van der Waals surface area contributed by atoms with E-state index in [1.165, 1.54) is 6.07 Å². The Morgan fingerprint density at radius 1 is 1.06 bits per heavy atom. The lowest BCUT2D eigenvalue weighted by atomic mass is 10.1. The number of benzene rings is 3. The smallest absolute Gasteiger partial charge is 0.305 e. The Labute approximate surface area is 215 Å². The Bertz CT molecular complexity index is 1290. The third-order valence-corrected chi connectivity index (χ3v) is 8.61. The quantitative estimate of drug-likeness (QED) is 0.202. The SMILES string of the molecule is O=C(O)CCN(CCc1ccccc1)C1=NC(c2cccc(Br)c2)=Ic2cc([N+](=O)[O-])ccc21. The maximum Gasteiger partial charge on any atom is 0.305 e. The van der Waals surface area contributed by atoms with Gasteiger partial charge < -0.3 is 10.0 Å². The third-order valence-electron chi connectivity index (χ3n) is 5.27. The number of nitro groups is 1. The first-order valence-electron chi connectivity index (χ1n) is 10.6. The molecule has 0 amide bonds. The summed E-state index contributed by atoms with van der Waals surface area (Å²) in [7, 11) is 0. The number of hydrogen-bond donors (Lipinski definition) is 1. The average Bonchev–Trinajstić information content (AvgIpc) is 2.83. The van der Waals surface area contributed by atoms with E-state index in [1.807, 2.05) is 59.5 Å². The van der Waals surface area contributed by atoms with Crippen LogP contribution in [-0.4, -0.2) is 43.5 Å². The summed E-state index contributed by atoms with van der Waals surface area (Å²) in [6.07, 6.45) is 0.695. The van der Waals surface area contributed by atoms with Crippen molar-refractivity contribution < 1.29 is 14.8 Å². The maximum atomic E-state index is 11.4. The second kappa shape index (κ2) is 11.0. The van der Waals surface area contributed by atoms with E-state index in [-0.39, 0.29) is 17.0 Å². The van der Waals surface area contributed by atoms with Crippen molar-refractivity contribution in [1.82, 2.24) is 4.90 Å². The lowest BCUT2D eigenvalue weighted by Gasteiger charge is -2.29. The van der Waals surface area contributed by atoms with Gasteiger partial charge in [0.25, 0.3) is 5.69 Å². The van der Waals surface area contributed by atoms with Crippen LogP contribution in [0.1, 0.15) is 23.1 Å². The van der Waals surface area contributed by atoms with Crippen molar-refractivity contribution in [3.63, 3.8) is 0 Å². The molecule has 0 spiro atoms. The van der Waals surface area contributed by atoms with Crippen LogP contribution in [0.15, 0.2) is 82.3 Å². The Kier molecular flexibility index (Phi) is 7.84. The van der Waals surface area contributed by atoms with Gasteiger partial charge in [0.2, 0.25) is 0 Å². The highest BCUT2D eigenvalue weighted by Crippen LogP contribution is 2.32. The summed E-state index contributed by atoms with van der Waals surface area (Å²) in [6, 6.07) is 22.7. The highest BCUT2D eigenvalue weighted by molar-refractivity contribution is 14.2. The normalized spacial score (nSPS) is 12.6. The van der Waals surface area contributed by atoms with Gasteiger partial charge in [-0.2, -0.15) is 0 Å². The van der Waals surface area contributed by atoms with E-state index in [4.69, 9.17) is 4.99 Å². The second-order valence-electron chi connectivity index (χ2n) is 7.62. The van der Waals surface area contributed by atoms with Crippen molar-refractivity contribution >= 4 is 57.8 Å². The molecule has 0 saturated carbocycles. The summed E-state index contributed by atoms with van der Waals surface area (Å²) in [5.41, 5.74) is 3.00. The fraction of sp³-hybridized carbons (Fsp3) is 0.160. The lowest BCUT2D eigenvalue weighted by molar-refractivity contribution is -0.384. The molecule has 0 atom stereocenters. The number of carboxylic acid groups (broad SMARTS) is 1. The van der Waals surface area contributed by atoms with Crippen molar-refractivity contribution in [3.05, 3.63) is 108 Å². The van der Waals surface area contributed by atoms with Crippen molar-refractivity contribution in [3.8, 4) is 0 Å². The molecule has 0 bridgehead atoms. The van der Waals surface area contributed by atoms with Crippen LogP contribution in [0.3, 0.4) is 0 Å². The molecule has 34 heavy (non-hydrogen) atoms. The van der Waals surface area contributed by atoms with Crippen LogP contribution in [0.4, 0.5) is 5.69 Å². The van der Waals surface area contributed by atoms with Crippen LogP contribution >= 0.6 is 36.7 Å². The van der Waals surface area contributed by atoms with Crippen molar-refractivity contribution in [2.45, 2.75) is 12.8 Å². The van der Waals surface area contributed by atoms with E-state index < -0.39 is 26.7 Å². The van der Waals surface area contributed by atoms with E-state index in [9.17, 15) is 20.0 Å². The van der Waals surface area contributed by atoms with Gasteiger partial charge in [0.1, 0.15) is 9.47 Å². The number of aliphatic carboxylic acids is 1. The first-order valence-corrected chi connectivity index (χ1v) is 13.5. The molecule has 174 valence electrons. The molecule has 9 heteroatoms. The van der Waals surface area contributed by atoms with Gasteiger partial charge in [0.15, 0.2) is 0 Å². The van der Waals surface area contributed by atoms with E-state index in [2.05, 4.69) is 15.9 Å².